The van der Waals surface area contributed by atoms with E-state index in [0.717, 1.165) is 27.5 Å². The highest BCUT2D eigenvalue weighted by Crippen LogP contribution is 2.50. The predicted molar refractivity (Wildman–Crippen MR) is 244 cm³/mol. The smallest absolute Gasteiger partial charge is 0.137 e. The van der Waals surface area contributed by atoms with Crippen molar-refractivity contribution in [3.8, 4) is 61.3 Å². The Bertz CT molecular complexity index is 3630. The summed E-state index contributed by atoms with van der Waals surface area (Å²) in [5.74, 6) is 0. The Morgan fingerprint density at radius 2 is 0.741 bits per heavy atom. The summed E-state index contributed by atoms with van der Waals surface area (Å²) in [5.41, 5.74) is 17.7. The van der Waals surface area contributed by atoms with E-state index in [1.807, 2.05) is 6.07 Å². The van der Waals surface area contributed by atoms with Gasteiger partial charge in [-0.1, -0.05) is 170 Å². The van der Waals surface area contributed by atoms with Crippen LogP contribution < -0.4 is 0 Å². The maximum Gasteiger partial charge on any atom is 0.137 e. The third-order valence-corrected chi connectivity index (χ3v) is 12.5. The Balaban J connectivity index is 1.13. The van der Waals surface area contributed by atoms with Gasteiger partial charge in [-0.25, -0.2) is 0 Å². The number of hydrogen-bond acceptors (Lipinski definition) is 1. The second kappa shape index (κ2) is 11.9. The van der Waals surface area contributed by atoms with Crippen LogP contribution in [0.2, 0.25) is 0 Å². The van der Waals surface area contributed by atoms with Gasteiger partial charge in [0, 0.05) is 38.4 Å². The Morgan fingerprint density at radius 3 is 1.34 bits per heavy atom. The first kappa shape index (κ1) is 31.5. The van der Waals surface area contributed by atoms with Crippen molar-refractivity contribution in [2.45, 2.75) is 0 Å². The largest absolute Gasteiger partial charge is 0.456 e. The molecule has 58 heavy (non-hydrogen) atoms. The van der Waals surface area contributed by atoms with Gasteiger partial charge in [0.1, 0.15) is 11.2 Å². The molecule has 268 valence electrons. The maximum atomic E-state index is 6.51. The van der Waals surface area contributed by atoms with E-state index < -0.39 is 0 Å². The van der Waals surface area contributed by atoms with Gasteiger partial charge in [-0.3, -0.25) is 0 Å². The van der Waals surface area contributed by atoms with Gasteiger partial charge in [0.2, 0.25) is 0 Å². The van der Waals surface area contributed by atoms with Crippen LogP contribution in [0.1, 0.15) is 0 Å². The number of rotatable bonds is 2. The third kappa shape index (κ3) is 4.32. The molecule has 0 N–H and O–H groups in total. The van der Waals surface area contributed by atoms with Gasteiger partial charge in [-0.05, 0) is 90.7 Å². The van der Waals surface area contributed by atoms with E-state index >= 15 is 0 Å². The summed E-state index contributed by atoms with van der Waals surface area (Å²) < 4.78 is 9.00. The summed E-state index contributed by atoms with van der Waals surface area (Å²) in [6, 6.07) is 73.5. The molecule has 0 saturated heterocycles. The Kier molecular flexibility index (Phi) is 6.47. The lowest BCUT2D eigenvalue weighted by atomic mass is 9.79. The quantitative estimate of drug-likeness (QED) is 0.162. The van der Waals surface area contributed by atoms with E-state index in [2.05, 4.69) is 199 Å². The van der Waals surface area contributed by atoms with Crippen LogP contribution in [0, 0.1) is 0 Å². The lowest BCUT2D eigenvalue weighted by Gasteiger charge is -2.24. The van der Waals surface area contributed by atoms with Gasteiger partial charge >= 0.3 is 0 Å². The van der Waals surface area contributed by atoms with Crippen LogP contribution >= 0.6 is 0 Å². The molecule has 0 spiro atoms. The molecule has 0 bridgehead atoms. The average Bonchev–Trinajstić information content (AvgIpc) is 3.81. The van der Waals surface area contributed by atoms with Crippen LogP contribution in [0.3, 0.4) is 0 Å². The number of hydrogen-bond donors (Lipinski definition) is 0. The fourth-order valence-corrected chi connectivity index (χ4v) is 10.1. The van der Waals surface area contributed by atoms with Crippen molar-refractivity contribution >= 4 is 65.3 Å². The molecule has 0 radical (unpaired) electrons. The van der Waals surface area contributed by atoms with E-state index in [9.17, 15) is 0 Å². The molecule has 2 aromatic heterocycles. The van der Waals surface area contributed by atoms with Gasteiger partial charge in [0.25, 0.3) is 0 Å². The van der Waals surface area contributed by atoms with Crippen LogP contribution in [0.5, 0.6) is 0 Å². The van der Waals surface area contributed by atoms with Crippen LogP contribution in [0.15, 0.2) is 205 Å². The summed E-state index contributed by atoms with van der Waals surface area (Å²) in [7, 11) is 0. The van der Waals surface area contributed by atoms with Gasteiger partial charge in [0.05, 0.1) is 16.7 Å². The summed E-state index contributed by atoms with van der Waals surface area (Å²) in [4.78, 5) is 0. The number of nitrogens with zero attached hydrogens (tertiary/aromatic N) is 1. The van der Waals surface area contributed by atoms with E-state index in [1.54, 1.807) is 0 Å². The molecular formula is C56H33NO. The second-order valence-electron chi connectivity index (χ2n) is 15.5. The van der Waals surface area contributed by atoms with Gasteiger partial charge < -0.3 is 8.98 Å². The lowest BCUT2D eigenvalue weighted by molar-refractivity contribution is 0.669. The lowest BCUT2D eigenvalue weighted by Crippen LogP contribution is -2.00. The monoisotopic (exact) mass is 735 g/mol. The molecule has 12 aromatic rings. The molecule has 0 unspecified atom stereocenters. The highest BCUT2D eigenvalue weighted by Gasteiger charge is 2.25. The molecule has 0 aliphatic heterocycles. The van der Waals surface area contributed by atoms with Crippen LogP contribution in [0.25, 0.3) is 127 Å². The normalized spacial score (nSPS) is 12.1. The van der Waals surface area contributed by atoms with Gasteiger partial charge in [-0.15, -0.1) is 0 Å². The first-order valence-corrected chi connectivity index (χ1v) is 20.0. The predicted octanol–water partition coefficient (Wildman–Crippen LogP) is 15.6. The van der Waals surface area contributed by atoms with Crippen molar-refractivity contribution in [1.82, 2.24) is 4.57 Å². The molecule has 0 amide bonds. The Hall–Kier alpha value is -7.68. The molecule has 0 saturated carbocycles. The Labute approximate surface area is 334 Å². The molecule has 1 aliphatic carbocycles. The molecule has 2 heteroatoms. The van der Waals surface area contributed by atoms with Crippen molar-refractivity contribution in [2.24, 2.45) is 0 Å². The number of para-hydroxylation sites is 2. The average molecular weight is 736 g/mol. The zero-order valence-corrected chi connectivity index (χ0v) is 31.4. The molecule has 2 heterocycles. The summed E-state index contributed by atoms with van der Waals surface area (Å²) in [6.07, 6.45) is 0. The summed E-state index contributed by atoms with van der Waals surface area (Å²) >= 11 is 0. The second-order valence-corrected chi connectivity index (χ2v) is 15.5. The van der Waals surface area contributed by atoms with Crippen molar-refractivity contribution in [3.05, 3.63) is 200 Å². The molecule has 0 atom stereocenters. The number of aromatic nitrogens is 1. The zero-order valence-electron chi connectivity index (χ0n) is 31.4. The first-order chi connectivity index (χ1) is 28.8. The minimum Gasteiger partial charge on any atom is -0.456 e. The number of benzene rings is 10. The highest BCUT2D eigenvalue weighted by molar-refractivity contribution is 6.23. The highest BCUT2D eigenvalue weighted by atomic mass is 16.3. The molecule has 2 nitrogen and oxygen atoms in total. The maximum absolute atomic E-state index is 6.51. The van der Waals surface area contributed by atoms with Crippen molar-refractivity contribution < 1.29 is 4.42 Å². The molecule has 10 aromatic carbocycles. The molecule has 13 rings (SSSR count). The summed E-state index contributed by atoms with van der Waals surface area (Å²) in [5, 5.41) is 9.57. The Morgan fingerprint density at radius 1 is 0.276 bits per heavy atom. The topological polar surface area (TPSA) is 18.1 Å². The van der Waals surface area contributed by atoms with E-state index in [1.165, 1.54) is 99.2 Å². The standard InChI is InChI=1S/C56H33NO/c1-2-16-36-35(15-1)37-17-3-4-19-39(37)41-30-29-34(31-48(41)40-20-6-5-18-38(36)40)55-44-23-7-9-25-46(44)56(47-26-10-8-24-45(47)55)57-51-27-13-11-21-42(51)49-32-50-43-22-12-14-28-53(43)58-54(50)33-52(49)57/h1-33H. The van der Waals surface area contributed by atoms with Crippen LogP contribution in [-0.2, 0) is 0 Å². The molecule has 0 fully saturated rings. The fraction of sp³-hybridized carbons (Fsp3) is 0. The molecule has 1 aliphatic rings. The third-order valence-electron chi connectivity index (χ3n) is 12.5. The van der Waals surface area contributed by atoms with E-state index in [4.69, 9.17) is 4.42 Å². The van der Waals surface area contributed by atoms with Gasteiger partial charge in [-0.2, -0.15) is 0 Å². The van der Waals surface area contributed by atoms with Crippen molar-refractivity contribution in [2.75, 3.05) is 0 Å². The van der Waals surface area contributed by atoms with Gasteiger partial charge in [0.15, 0.2) is 0 Å². The fourth-order valence-electron chi connectivity index (χ4n) is 10.1. The SMILES string of the molecule is c1ccc2c(c1)-c1ccccc1-c1ccc(-c3c4ccccc4c(-n4c5ccccc5c5cc6c(cc54)oc4ccccc46)c4ccccc34)cc1-c1ccccc1-2. The van der Waals surface area contributed by atoms with E-state index in [0.29, 0.717) is 0 Å². The number of furan rings is 1. The zero-order chi connectivity index (χ0) is 37.9. The number of fused-ring (bicyclic) bond motifs is 16. The minimum atomic E-state index is 0.897. The molecular weight excluding hydrogens is 703 g/mol. The first-order valence-electron chi connectivity index (χ1n) is 20.0. The van der Waals surface area contributed by atoms with Crippen molar-refractivity contribution in [3.63, 3.8) is 0 Å². The van der Waals surface area contributed by atoms with Crippen LogP contribution in [-0.4, -0.2) is 4.57 Å². The van der Waals surface area contributed by atoms with Crippen LogP contribution in [0.4, 0.5) is 0 Å². The summed E-state index contributed by atoms with van der Waals surface area (Å²) in [6.45, 7) is 0. The van der Waals surface area contributed by atoms with E-state index in [-0.39, 0.29) is 0 Å². The van der Waals surface area contributed by atoms with Crippen molar-refractivity contribution in [1.29, 1.82) is 0 Å². The minimum absolute atomic E-state index is 0.897.